The van der Waals surface area contributed by atoms with Crippen LogP contribution in [0.4, 0.5) is 5.69 Å². The number of hydrogen-bond donors (Lipinski definition) is 1. The number of methoxy groups -OCH3 is 1. The maximum atomic E-state index is 13.8. The molecule has 1 unspecified atom stereocenters. The molecule has 188 valence electrons. The fraction of sp³-hybridized carbons (Fsp3) is 0.148. The van der Waals surface area contributed by atoms with Crippen molar-refractivity contribution in [1.29, 1.82) is 0 Å². The number of aromatic hydroxyl groups is 1. The van der Waals surface area contributed by atoms with Gasteiger partial charge in [0.25, 0.3) is 5.91 Å². The van der Waals surface area contributed by atoms with Crippen LogP contribution in [0.25, 0.3) is 11.0 Å². The number of esters is 1. The highest BCUT2D eigenvalue weighted by atomic mass is 79.9. The molecule has 8 nitrogen and oxygen atoms in total. The number of anilines is 1. The minimum Gasteiger partial charge on any atom is -0.503 e. The van der Waals surface area contributed by atoms with E-state index < -0.39 is 23.3 Å². The lowest BCUT2D eigenvalue weighted by molar-refractivity contribution is 0.0526. The molecule has 4 aromatic rings. The molecule has 0 spiro atoms. The third-order valence-electron chi connectivity index (χ3n) is 6.08. The van der Waals surface area contributed by atoms with Gasteiger partial charge in [0.1, 0.15) is 5.58 Å². The predicted octanol–water partition coefficient (Wildman–Crippen LogP) is 5.85. The number of fused-ring (bicyclic) bond motifs is 2. The Hall–Kier alpha value is -3.82. The van der Waals surface area contributed by atoms with Crippen LogP contribution in [0.2, 0.25) is 5.02 Å². The van der Waals surface area contributed by atoms with Crippen LogP contribution in [0.15, 0.2) is 68.3 Å². The molecule has 0 bridgehead atoms. The Kier molecular flexibility index (Phi) is 6.43. The first-order valence-electron chi connectivity index (χ1n) is 11.2. The molecule has 1 N–H and O–H groups in total. The van der Waals surface area contributed by atoms with E-state index in [1.54, 1.807) is 55.5 Å². The van der Waals surface area contributed by atoms with Gasteiger partial charge in [-0.1, -0.05) is 11.6 Å². The fourth-order valence-electron chi connectivity index (χ4n) is 4.41. The van der Waals surface area contributed by atoms with E-state index in [0.717, 1.165) is 0 Å². The number of phenols is 1. The highest BCUT2D eigenvalue weighted by molar-refractivity contribution is 9.10. The molecule has 0 fully saturated rings. The molecule has 3 aromatic carbocycles. The van der Waals surface area contributed by atoms with Crippen LogP contribution in [0.3, 0.4) is 0 Å². The molecule has 5 rings (SSSR count). The number of hydrogen-bond acceptors (Lipinski definition) is 7. The van der Waals surface area contributed by atoms with E-state index in [4.69, 9.17) is 25.5 Å². The van der Waals surface area contributed by atoms with Crippen LogP contribution in [0.1, 0.15) is 45.0 Å². The molecular weight excluding hydrogens is 566 g/mol. The van der Waals surface area contributed by atoms with Crippen LogP contribution in [0, 0.1) is 0 Å². The zero-order valence-electron chi connectivity index (χ0n) is 19.6. The quantitative estimate of drug-likeness (QED) is 0.293. The lowest BCUT2D eigenvalue weighted by Gasteiger charge is -2.26. The van der Waals surface area contributed by atoms with E-state index >= 15 is 0 Å². The number of nitrogens with zero attached hydrogens (tertiary/aromatic N) is 1. The molecule has 10 heteroatoms. The summed E-state index contributed by atoms with van der Waals surface area (Å²) in [5, 5.41) is 10.9. The molecule has 0 saturated heterocycles. The summed E-state index contributed by atoms with van der Waals surface area (Å²) in [5.74, 6) is -1.12. The number of ether oxygens (including phenoxy) is 2. The molecule has 0 radical (unpaired) electrons. The Morgan fingerprint density at radius 3 is 2.54 bits per heavy atom. The summed E-state index contributed by atoms with van der Waals surface area (Å²) in [6.45, 7) is 1.94. The number of phenolic OH excluding ortho intramolecular Hbond substituents is 1. The third-order valence-corrected chi connectivity index (χ3v) is 6.91. The Labute approximate surface area is 224 Å². The lowest BCUT2D eigenvalue weighted by atomic mass is 9.97. The molecule has 37 heavy (non-hydrogen) atoms. The van der Waals surface area contributed by atoms with Gasteiger partial charge < -0.3 is 19.0 Å². The number of halogens is 2. The zero-order valence-corrected chi connectivity index (χ0v) is 21.9. The van der Waals surface area contributed by atoms with Crippen molar-refractivity contribution in [2.75, 3.05) is 18.6 Å². The van der Waals surface area contributed by atoms with Gasteiger partial charge in [-0.25, -0.2) is 4.79 Å². The normalized spacial score (nSPS) is 14.6. The van der Waals surface area contributed by atoms with E-state index in [0.29, 0.717) is 26.3 Å². The topological polar surface area (TPSA) is 106 Å². The smallest absolute Gasteiger partial charge is 0.338 e. The second kappa shape index (κ2) is 9.57. The van der Waals surface area contributed by atoms with Crippen LogP contribution < -0.4 is 15.1 Å². The summed E-state index contributed by atoms with van der Waals surface area (Å²) in [6.07, 6.45) is 0. The maximum Gasteiger partial charge on any atom is 0.338 e. The van der Waals surface area contributed by atoms with Gasteiger partial charge in [-0.2, -0.15) is 0 Å². The highest BCUT2D eigenvalue weighted by Crippen LogP contribution is 2.45. The van der Waals surface area contributed by atoms with Crippen molar-refractivity contribution >= 4 is 56.1 Å². The summed E-state index contributed by atoms with van der Waals surface area (Å²) < 4.78 is 16.6. The van der Waals surface area contributed by atoms with Crippen molar-refractivity contribution in [2.45, 2.75) is 13.0 Å². The Morgan fingerprint density at radius 1 is 1.14 bits per heavy atom. The lowest BCUT2D eigenvalue weighted by Crippen LogP contribution is -2.29. The maximum absolute atomic E-state index is 13.8. The number of carbonyl (C=O) groups excluding carboxylic acids is 2. The summed E-state index contributed by atoms with van der Waals surface area (Å²) in [7, 11) is 1.40. The number of benzene rings is 3. The molecular formula is C27H19BrClNO7. The molecule has 1 amide bonds. The van der Waals surface area contributed by atoms with Crippen LogP contribution in [-0.4, -0.2) is 30.7 Å². The number of rotatable bonds is 5. The fourth-order valence-corrected chi connectivity index (χ4v) is 5.04. The molecule has 1 aliphatic heterocycles. The summed E-state index contributed by atoms with van der Waals surface area (Å²) >= 11 is 9.46. The first-order valence-corrected chi connectivity index (χ1v) is 12.4. The van der Waals surface area contributed by atoms with E-state index in [1.807, 2.05) is 0 Å². The number of amides is 1. The standard InChI is InChI=1S/C27H19BrClNO7/c1-3-36-27(34)13-4-7-16(8-5-13)30-22(14-10-18(28)24(32)20(11-14)35-2)21-23(31)17-12-15(29)6-9-19(17)37-25(21)26(30)33/h4-12,22,32H,3H2,1-2H3. The van der Waals surface area contributed by atoms with Crippen molar-refractivity contribution in [1.82, 2.24) is 0 Å². The minimum absolute atomic E-state index is 0.109. The van der Waals surface area contributed by atoms with Gasteiger partial charge in [-0.3, -0.25) is 14.5 Å². The van der Waals surface area contributed by atoms with Crippen molar-refractivity contribution in [3.8, 4) is 11.5 Å². The largest absolute Gasteiger partial charge is 0.503 e. The Morgan fingerprint density at radius 2 is 1.86 bits per heavy atom. The molecule has 0 aliphatic carbocycles. The SMILES string of the molecule is CCOC(=O)c1ccc(N2C(=O)c3oc4ccc(Cl)cc4c(=O)c3C2c2cc(Br)c(O)c(OC)c2)cc1. The van der Waals surface area contributed by atoms with E-state index in [2.05, 4.69) is 15.9 Å². The number of carbonyl (C=O) groups is 2. The minimum atomic E-state index is -0.929. The second-order valence-corrected chi connectivity index (χ2v) is 9.50. The molecule has 2 heterocycles. The highest BCUT2D eigenvalue weighted by Gasteiger charge is 2.44. The first kappa shape index (κ1) is 24.9. The van der Waals surface area contributed by atoms with E-state index in [1.165, 1.54) is 18.1 Å². The van der Waals surface area contributed by atoms with Crippen molar-refractivity contribution in [2.24, 2.45) is 0 Å². The Balaban J connectivity index is 1.75. The van der Waals surface area contributed by atoms with Gasteiger partial charge in [-0.15, -0.1) is 0 Å². The predicted molar refractivity (Wildman–Crippen MR) is 141 cm³/mol. The molecule has 1 aliphatic rings. The first-order chi connectivity index (χ1) is 17.7. The average molecular weight is 585 g/mol. The van der Waals surface area contributed by atoms with E-state index in [9.17, 15) is 19.5 Å². The monoisotopic (exact) mass is 583 g/mol. The van der Waals surface area contributed by atoms with Gasteiger partial charge in [0, 0.05) is 10.7 Å². The van der Waals surface area contributed by atoms with Gasteiger partial charge in [0.15, 0.2) is 16.9 Å². The van der Waals surface area contributed by atoms with Crippen molar-refractivity contribution in [3.63, 3.8) is 0 Å². The second-order valence-electron chi connectivity index (χ2n) is 8.21. The summed E-state index contributed by atoms with van der Waals surface area (Å²) in [6, 6.07) is 13.1. The summed E-state index contributed by atoms with van der Waals surface area (Å²) in [4.78, 5) is 41.0. The van der Waals surface area contributed by atoms with Gasteiger partial charge in [0.05, 0.1) is 40.7 Å². The Bertz CT molecular complexity index is 1630. The average Bonchev–Trinajstić information content (AvgIpc) is 3.18. The van der Waals surface area contributed by atoms with Crippen molar-refractivity contribution < 1.29 is 28.6 Å². The van der Waals surface area contributed by atoms with Gasteiger partial charge in [0.2, 0.25) is 5.76 Å². The molecule has 0 saturated carbocycles. The van der Waals surface area contributed by atoms with E-state index in [-0.39, 0.29) is 40.4 Å². The van der Waals surface area contributed by atoms with Crippen molar-refractivity contribution in [3.05, 3.63) is 96.8 Å². The van der Waals surface area contributed by atoms with Gasteiger partial charge >= 0.3 is 5.97 Å². The summed E-state index contributed by atoms with van der Waals surface area (Å²) in [5.41, 5.74) is 1.15. The zero-order chi connectivity index (χ0) is 26.4. The molecule has 1 atom stereocenters. The molecule has 1 aromatic heterocycles. The van der Waals surface area contributed by atoms with Crippen LogP contribution in [0.5, 0.6) is 11.5 Å². The van der Waals surface area contributed by atoms with Crippen LogP contribution in [-0.2, 0) is 4.74 Å². The van der Waals surface area contributed by atoms with Crippen LogP contribution >= 0.6 is 27.5 Å². The third kappa shape index (κ3) is 4.14. The van der Waals surface area contributed by atoms with Gasteiger partial charge in [-0.05, 0) is 83.0 Å².